The van der Waals surface area contributed by atoms with Crippen molar-refractivity contribution >= 4 is 17.8 Å². The van der Waals surface area contributed by atoms with Crippen LogP contribution in [0.5, 0.6) is 17.2 Å². The number of benzene rings is 2. The van der Waals surface area contributed by atoms with Crippen molar-refractivity contribution in [2.45, 2.75) is 26.3 Å². The molecule has 2 aromatic rings. The van der Waals surface area contributed by atoms with Gasteiger partial charge in [-0.1, -0.05) is 32.4 Å². The molecule has 0 unspecified atom stereocenters. The number of allylic oxidation sites excluding steroid dienone is 1. The van der Waals surface area contributed by atoms with Crippen molar-refractivity contribution in [3.05, 3.63) is 59.4 Å². The molecule has 1 aliphatic rings. The zero-order valence-electron chi connectivity index (χ0n) is 17.9. The average molecular weight is 425 g/mol. The fourth-order valence-corrected chi connectivity index (χ4v) is 3.16. The van der Waals surface area contributed by atoms with Crippen LogP contribution in [0.2, 0.25) is 0 Å². The summed E-state index contributed by atoms with van der Waals surface area (Å²) in [5.41, 5.74) is 1.25. The Morgan fingerprint density at radius 2 is 1.90 bits per heavy atom. The zero-order chi connectivity index (χ0) is 22.4. The number of aliphatic hydroxyl groups is 1. The van der Waals surface area contributed by atoms with E-state index in [0.29, 0.717) is 17.1 Å². The summed E-state index contributed by atoms with van der Waals surface area (Å²) in [6, 6.07) is 11.8. The number of methoxy groups -OCH3 is 1. The third-order valence-corrected chi connectivity index (χ3v) is 5.30. The van der Waals surface area contributed by atoms with E-state index < -0.39 is 0 Å². The normalized spacial score (nSPS) is 15.7. The van der Waals surface area contributed by atoms with E-state index in [4.69, 9.17) is 14.2 Å². The lowest BCUT2D eigenvalue weighted by Gasteiger charge is -2.22. The second-order valence-corrected chi connectivity index (χ2v) is 7.40. The molecule has 2 N–H and O–H groups in total. The monoisotopic (exact) mass is 425 g/mol. The number of rotatable bonds is 9. The Hall–Kier alpha value is -3.32. The number of fused-ring (bicyclic) bond motifs is 1. The zero-order valence-corrected chi connectivity index (χ0v) is 17.9. The van der Waals surface area contributed by atoms with E-state index in [1.165, 1.54) is 0 Å². The van der Waals surface area contributed by atoms with Crippen LogP contribution in [0.15, 0.2) is 48.2 Å². The highest BCUT2D eigenvalue weighted by atomic mass is 16.5. The molecule has 0 aliphatic carbocycles. The van der Waals surface area contributed by atoms with E-state index in [-0.39, 0.29) is 42.6 Å². The van der Waals surface area contributed by atoms with Crippen LogP contribution in [0.3, 0.4) is 0 Å². The number of carbonyl (C=O) groups is 2. The molecule has 1 aliphatic heterocycles. The molecule has 0 fully saturated rings. The molecule has 7 nitrogen and oxygen atoms in total. The van der Waals surface area contributed by atoms with Crippen molar-refractivity contribution < 1.29 is 28.9 Å². The predicted molar refractivity (Wildman–Crippen MR) is 116 cm³/mol. The Labute approximate surface area is 181 Å². The molecule has 0 bridgehead atoms. The number of aliphatic hydroxyl groups excluding tert-OH is 1. The Balaban J connectivity index is 1.63. The summed E-state index contributed by atoms with van der Waals surface area (Å²) >= 11 is 0. The number of nitrogens with one attached hydrogen (secondary N) is 1. The molecule has 164 valence electrons. The molecule has 31 heavy (non-hydrogen) atoms. The van der Waals surface area contributed by atoms with Gasteiger partial charge in [0.1, 0.15) is 17.2 Å². The molecule has 7 heteroatoms. The van der Waals surface area contributed by atoms with Crippen LogP contribution in [-0.4, -0.2) is 43.2 Å². The first-order valence-corrected chi connectivity index (χ1v) is 10.2. The minimum Gasteiger partial charge on any atom is -0.497 e. The summed E-state index contributed by atoms with van der Waals surface area (Å²) in [4.78, 5) is 24.7. The summed E-state index contributed by atoms with van der Waals surface area (Å²) in [5.74, 6) is 1.36. The van der Waals surface area contributed by atoms with E-state index in [0.717, 1.165) is 17.7 Å². The Morgan fingerprint density at radius 3 is 2.55 bits per heavy atom. The highest BCUT2D eigenvalue weighted by Crippen LogP contribution is 2.35. The Kier molecular flexibility index (Phi) is 7.31. The number of carbonyl (C=O) groups excluding carboxylic acids is 2. The topological polar surface area (TPSA) is 94.1 Å². The second kappa shape index (κ2) is 10.1. The smallest absolute Gasteiger partial charge is 0.258 e. The lowest BCUT2D eigenvalue weighted by molar-refractivity contribution is -0.124. The summed E-state index contributed by atoms with van der Waals surface area (Å²) < 4.78 is 16.4. The quantitative estimate of drug-likeness (QED) is 0.599. The van der Waals surface area contributed by atoms with Crippen molar-refractivity contribution in [3.8, 4) is 17.2 Å². The molecule has 1 heterocycles. The molecule has 0 saturated carbocycles. The second-order valence-electron chi connectivity index (χ2n) is 7.40. The van der Waals surface area contributed by atoms with Crippen molar-refractivity contribution in [2.24, 2.45) is 5.92 Å². The summed E-state index contributed by atoms with van der Waals surface area (Å²) in [7, 11) is 1.59. The SMILES string of the molecule is CC[C@H](C)[C@@H](CO)NC(=O)COc1ccc2c(c1)OC(=Cc1ccc(OC)cc1)C2=O. The molecular weight excluding hydrogens is 398 g/mol. The van der Waals surface area contributed by atoms with Gasteiger partial charge in [0.05, 0.1) is 25.3 Å². The van der Waals surface area contributed by atoms with Gasteiger partial charge >= 0.3 is 0 Å². The van der Waals surface area contributed by atoms with Crippen LogP contribution < -0.4 is 19.5 Å². The van der Waals surface area contributed by atoms with E-state index in [9.17, 15) is 14.7 Å². The molecule has 2 atom stereocenters. The van der Waals surface area contributed by atoms with Crippen LogP contribution in [0.4, 0.5) is 0 Å². The standard InChI is InChI=1S/C24H27NO6/c1-4-15(2)20(13-26)25-23(27)14-30-18-9-10-19-21(12-18)31-22(24(19)28)11-16-5-7-17(29-3)8-6-16/h5-12,15,20,26H,4,13-14H2,1-3H3,(H,25,27)/t15-,20+/m0/s1. The first-order valence-electron chi connectivity index (χ1n) is 10.2. The number of hydrogen-bond donors (Lipinski definition) is 2. The predicted octanol–water partition coefficient (Wildman–Crippen LogP) is 3.21. The molecular formula is C24H27NO6. The van der Waals surface area contributed by atoms with E-state index in [1.807, 2.05) is 26.0 Å². The maximum Gasteiger partial charge on any atom is 0.258 e. The third kappa shape index (κ3) is 5.44. The molecule has 1 amide bonds. The largest absolute Gasteiger partial charge is 0.497 e. The van der Waals surface area contributed by atoms with E-state index in [1.54, 1.807) is 43.5 Å². The maximum absolute atomic E-state index is 12.6. The number of ketones is 1. The first-order chi connectivity index (χ1) is 14.9. The third-order valence-electron chi connectivity index (χ3n) is 5.30. The van der Waals surface area contributed by atoms with Gasteiger partial charge < -0.3 is 24.6 Å². The van der Waals surface area contributed by atoms with Crippen molar-refractivity contribution in [1.29, 1.82) is 0 Å². The molecule has 2 aromatic carbocycles. The van der Waals surface area contributed by atoms with Gasteiger partial charge in [-0.05, 0) is 41.8 Å². The lowest BCUT2D eigenvalue weighted by atomic mass is 10.00. The Bertz CT molecular complexity index is 967. The van der Waals surface area contributed by atoms with Crippen LogP contribution >= 0.6 is 0 Å². The van der Waals surface area contributed by atoms with E-state index in [2.05, 4.69) is 5.32 Å². The minimum absolute atomic E-state index is 0.126. The van der Waals surface area contributed by atoms with Gasteiger partial charge in [-0.3, -0.25) is 9.59 Å². The van der Waals surface area contributed by atoms with Gasteiger partial charge in [0, 0.05) is 6.07 Å². The summed E-state index contributed by atoms with van der Waals surface area (Å²) in [6.07, 6.45) is 2.51. The average Bonchev–Trinajstić information content (AvgIpc) is 3.10. The molecule has 0 radical (unpaired) electrons. The van der Waals surface area contributed by atoms with Gasteiger partial charge in [-0.15, -0.1) is 0 Å². The van der Waals surface area contributed by atoms with E-state index >= 15 is 0 Å². The number of ether oxygens (including phenoxy) is 3. The van der Waals surface area contributed by atoms with Gasteiger partial charge in [0.25, 0.3) is 5.91 Å². The van der Waals surface area contributed by atoms with Gasteiger partial charge in [0.15, 0.2) is 12.4 Å². The van der Waals surface area contributed by atoms with Crippen LogP contribution in [0.1, 0.15) is 36.2 Å². The summed E-state index contributed by atoms with van der Waals surface area (Å²) in [5, 5.41) is 12.2. The molecule has 3 rings (SSSR count). The van der Waals surface area contributed by atoms with Crippen LogP contribution in [0.25, 0.3) is 6.08 Å². The number of hydrogen-bond acceptors (Lipinski definition) is 6. The van der Waals surface area contributed by atoms with Crippen LogP contribution in [-0.2, 0) is 4.79 Å². The van der Waals surface area contributed by atoms with Gasteiger partial charge in [0.2, 0.25) is 5.78 Å². The first kappa shape index (κ1) is 22.4. The highest BCUT2D eigenvalue weighted by molar-refractivity contribution is 6.14. The molecule has 0 spiro atoms. The molecule has 0 aromatic heterocycles. The number of amides is 1. The fraction of sp³-hybridized carbons (Fsp3) is 0.333. The lowest BCUT2D eigenvalue weighted by Crippen LogP contribution is -2.43. The van der Waals surface area contributed by atoms with Crippen molar-refractivity contribution in [2.75, 3.05) is 20.3 Å². The number of Topliss-reactive ketones (excluding diaryl/α,β-unsaturated/α-hetero) is 1. The van der Waals surface area contributed by atoms with Crippen molar-refractivity contribution in [3.63, 3.8) is 0 Å². The highest BCUT2D eigenvalue weighted by Gasteiger charge is 2.28. The minimum atomic E-state index is -0.322. The van der Waals surface area contributed by atoms with Gasteiger partial charge in [-0.25, -0.2) is 0 Å². The fourth-order valence-electron chi connectivity index (χ4n) is 3.16. The van der Waals surface area contributed by atoms with Gasteiger partial charge in [-0.2, -0.15) is 0 Å². The van der Waals surface area contributed by atoms with Crippen molar-refractivity contribution in [1.82, 2.24) is 5.32 Å². The Morgan fingerprint density at radius 1 is 1.19 bits per heavy atom. The van der Waals surface area contributed by atoms with Crippen LogP contribution in [0, 0.1) is 5.92 Å². The maximum atomic E-state index is 12.6. The summed E-state index contributed by atoms with van der Waals surface area (Å²) in [6.45, 7) is 3.64. The molecule has 0 saturated heterocycles.